The Balaban J connectivity index is 1.87. The van der Waals surface area contributed by atoms with Gasteiger partial charge in [-0.05, 0) is 24.6 Å². The Hall–Kier alpha value is -1.93. The zero-order valence-electron chi connectivity index (χ0n) is 11.8. The van der Waals surface area contributed by atoms with Crippen LogP contribution in [0.25, 0.3) is 11.0 Å². The van der Waals surface area contributed by atoms with Gasteiger partial charge in [-0.1, -0.05) is 0 Å². The van der Waals surface area contributed by atoms with Gasteiger partial charge in [0.15, 0.2) is 0 Å². The molecule has 7 heteroatoms. The maximum atomic E-state index is 11.4. The third-order valence-electron chi connectivity index (χ3n) is 3.63. The Morgan fingerprint density at radius 1 is 1.18 bits per heavy atom. The monoisotopic (exact) mass is 308 g/mol. The van der Waals surface area contributed by atoms with Gasteiger partial charge < -0.3 is 29.2 Å². The number of aliphatic hydroxyl groups excluding tert-OH is 3. The first-order valence-electron chi connectivity index (χ1n) is 6.82. The predicted molar refractivity (Wildman–Crippen MR) is 75.6 cm³/mol. The van der Waals surface area contributed by atoms with Crippen molar-refractivity contribution in [2.45, 2.75) is 31.5 Å². The van der Waals surface area contributed by atoms with Gasteiger partial charge in [0.1, 0.15) is 29.6 Å². The molecule has 1 aliphatic heterocycles. The van der Waals surface area contributed by atoms with E-state index in [1.807, 2.05) is 0 Å². The van der Waals surface area contributed by atoms with E-state index in [9.17, 15) is 20.1 Å². The van der Waals surface area contributed by atoms with E-state index in [1.54, 1.807) is 19.1 Å². The lowest BCUT2D eigenvalue weighted by atomic mass is 10.1. The van der Waals surface area contributed by atoms with Gasteiger partial charge in [0.2, 0.25) is 6.29 Å². The third-order valence-corrected chi connectivity index (χ3v) is 3.63. The molecule has 2 aromatic rings. The molecule has 7 nitrogen and oxygen atoms in total. The van der Waals surface area contributed by atoms with Gasteiger partial charge in [-0.3, -0.25) is 0 Å². The van der Waals surface area contributed by atoms with Crippen molar-refractivity contribution in [1.29, 1.82) is 0 Å². The second kappa shape index (κ2) is 5.69. The maximum absolute atomic E-state index is 11.4. The lowest BCUT2D eigenvalue weighted by Crippen LogP contribution is -2.54. The van der Waals surface area contributed by atoms with Crippen LogP contribution in [0, 0.1) is 6.92 Å². The SMILES string of the molecule is Cc1cc(=O)oc2cc(OC3OCC(O)C(O)C3O)ccc12. The molecule has 0 amide bonds. The summed E-state index contributed by atoms with van der Waals surface area (Å²) in [6, 6.07) is 6.28. The molecule has 3 N–H and O–H groups in total. The van der Waals surface area contributed by atoms with Crippen molar-refractivity contribution in [3.8, 4) is 5.75 Å². The summed E-state index contributed by atoms with van der Waals surface area (Å²) in [6.07, 6.45) is -5.01. The van der Waals surface area contributed by atoms with E-state index in [-0.39, 0.29) is 6.61 Å². The van der Waals surface area contributed by atoms with E-state index in [0.29, 0.717) is 11.3 Å². The maximum Gasteiger partial charge on any atom is 0.336 e. The molecule has 1 aromatic carbocycles. The fraction of sp³-hybridized carbons (Fsp3) is 0.400. The van der Waals surface area contributed by atoms with Crippen LogP contribution in [0.5, 0.6) is 5.75 Å². The molecule has 3 rings (SSSR count). The number of rotatable bonds is 2. The van der Waals surface area contributed by atoms with Crippen LogP contribution in [0.2, 0.25) is 0 Å². The molecular weight excluding hydrogens is 292 g/mol. The summed E-state index contributed by atoms with van der Waals surface area (Å²) in [5, 5.41) is 29.6. The highest BCUT2D eigenvalue weighted by atomic mass is 16.7. The molecule has 22 heavy (non-hydrogen) atoms. The summed E-state index contributed by atoms with van der Waals surface area (Å²) in [5.41, 5.74) is 0.674. The smallest absolute Gasteiger partial charge is 0.336 e. The van der Waals surface area contributed by atoms with E-state index in [2.05, 4.69) is 0 Å². The van der Waals surface area contributed by atoms with Crippen LogP contribution < -0.4 is 10.4 Å². The second-order valence-electron chi connectivity index (χ2n) is 5.27. The van der Waals surface area contributed by atoms with Crippen LogP contribution in [0.3, 0.4) is 0 Å². The van der Waals surface area contributed by atoms with Gasteiger partial charge in [-0.2, -0.15) is 0 Å². The minimum atomic E-state index is -1.39. The van der Waals surface area contributed by atoms with Gasteiger partial charge in [0.25, 0.3) is 0 Å². The number of fused-ring (bicyclic) bond motifs is 1. The average molecular weight is 308 g/mol. The van der Waals surface area contributed by atoms with Crippen LogP contribution >= 0.6 is 0 Å². The summed E-state index contributed by atoms with van der Waals surface area (Å²) in [5.74, 6) is 0.314. The number of ether oxygens (including phenoxy) is 2. The largest absolute Gasteiger partial charge is 0.462 e. The molecular formula is C15H16O7. The molecule has 0 spiro atoms. The van der Waals surface area contributed by atoms with Crippen molar-refractivity contribution >= 4 is 11.0 Å². The summed E-state index contributed by atoms with van der Waals surface area (Å²) in [4.78, 5) is 11.4. The first-order chi connectivity index (χ1) is 10.5. The van der Waals surface area contributed by atoms with Gasteiger partial charge in [0, 0.05) is 17.5 Å². The highest BCUT2D eigenvalue weighted by molar-refractivity contribution is 5.81. The van der Waals surface area contributed by atoms with Gasteiger partial charge in [0.05, 0.1) is 6.61 Å². The van der Waals surface area contributed by atoms with Gasteiger partial charge in [-0.25, -0.2) is 4.79 Å². The van der Waals surface area contributed by atoms with E-state index >= 15 is 0 Å². The third kappa shape index (κ3) is 2.71. The molecule has 0 bridgehead atoms. The normalized spacial score (nSPS) is 28.7. The van der Waals surface area contributed by atoms with E-state index < -0.39 is 30.2 Å². The van der Waals surface area contributed by atoms with Crippen molar-refractivity contribution in [2.24, 2.45) is 0 Å². The number of benzene rings is 1. The number of hydrogen-bond donors (Lipinski definition) is 3. The molecule has 118 valence electrons. The molecule has 4 atom stereocenters. The Kier molecular flexibility index (Phi) is 3.88. The van der Waals surface area contributed by atoms with E-state index in [0.717, 1.165) is 10.9 Å². The van der Waals surface area contributed by atoms with Crippen molar-refractivity contribution in [1.82, 2.24) is 0 Å². The summed E-state index contributed by atoms with van der Waals surface area (Å²) < 4.78 is 15.7. The Morgan fingerprint density at radius 3 is 2.73 bits per heavy atom. The van der Waals surface area contributed by atoms with E-state index in [1.165, 1.54) is 12.1 Å². The summed E-state index contributed by atoms with van der Waals surface area (Å²) in [6.45, 7) is 1.65. The highest BCUT2D eigenvalue weighted by Gasteiger charge is 2.39. The fourth-order valence-corrected chi connectivity index (χ4v) is 2.40. The molecule has 0 aliphatic carbocycles. The van der Waals surface area contributed by atoms with E-state index in [4.69, 9.17) is 13.9 Å². The minimum Gasteiger partial charge on any atom is -0.462 e. The zero-order valence-corrected chi connectivity index (χ0v) is 11.8. The molecule has 1 aliphatic rings. The molecule has 1 saturated heterocycles. The topological polar surface area (TPSA) is 109 Å². The Bertz CT molecular complexity index is 738. The molecule has 4 unspecified atom stereocenters. The first kappa shape index (κ1) is 15.0. The lowest BCUT2D eigenvalue weighted by Gasteiger charge is -2.34. The predicted octanol–water partition coefficient (Wildman–Crippen LogP) is -0.0808. The van der Waals surface area contributed by atoms with Crippen LogP contribution in [0.1, 0.15) is 5.56 Å². The second-order valence-corrected chi connectivity index (χ2v) is 5.27. The summed E-state index contributed by atoms with van der Waals surface area (Å²) >= 11 is 0. The first-order valence-corrected chi connectivity index (χ1v) is 6.82. The van der Waals surface area contributed by atoms with Crippen LogP contribution in [0.15, 0.2) is 33.5 Å². The van der Waals surface area contributed by atoms with Gasteiger partial charge in [-0.15, -0.1) is 0 Å². The Morgan fingerprint density at radius 2 is 1.95 bits per heavy atom. The highest BCUT2D eigenvalue weighted by Crippen LogP contribution is 2.25. The van der Waals surface area contributed by atoms with Crippen LogP contribution in [-0.4, -0.2) is 46.5 Å². The molecule has 1 fully saturated rings. The van der Waals surface area contributed by atoms with Crippen LogP contribution in [-0.2, 0) is 4.74 Å². The lowest BCUT2D eigenvalue weighted by molar-refractivity contribution is -0.242. The molecule has 2 heterocycles. The van der Waals surface area contributed by atoms with Crippen molar-refractivity contribution < 1.29 is 29.2 Å². The van der Waals surface area contributed by atoms with Crippen molar-refractivity contribution in [2.75, 3.05) is 6.61 Å². The number of aliphatic hydroxyl groups is 3. The average Bonchev–Trinajstić information content (AvgIpc) is 2.47. The molecule has 0 radical (unpaired) electrons. The van der Waals surface area contributed by atoms with Crippen molar-refractivity contribution in [3.63, 3.8) is 0 Å². The fourth-order valence-electron chi connectivity index (χ4n) is 2.40. The van der Waals surface area contributed by atoms with Crippen LogP contribution in [0.4, 0.5) is 0 Å². The van der Waals surface area contributed by atoms with Crippen molar-refractivity contribution in [3.05, 3.63) is 40.2 Å². The number of hydrogen-bond acceptors (Lipinski definition) is 7. The molecule has 0 saturated carbocycles. The summed E-state index contributed by atoms with van der Waals surface area (Å²) in [7, 11) is 0. The number of aryl methyl sites for hydroxylation is 1. The quantitative estimate of drug-likeness (QED) is 0.666. The van der Waals surface area contributed by atoms with Gasteiger partial charge >= 0.3 is 5.63 Å². The minimum absolute atomic E-state index is 0.148. The zero-order chi connectivity index (χ0) is 15.9. The standard InChI is InChI=1S/C15H16O7/c1-7-4-12(17)22-11-5-8(2-3-9(7)11)21-15-14(19)13(18)10(16)6-20-15/h2-5,10,13-16,18-19H,6H2,1H3. The Labute approximate surface area is 125 Å². The molecule has 1 aromatic heterocycles.